The lowest BCUT2D eigenvalue weighted by molar-refractivity contribution is -0.138. The van der Waals surface area contributed by atoms with Gasteiger partial charge in [-0.15, -0.1) is 24.8 Å². The number of ether oxygens (including phenoxy) is 1. The number of aromatic nitrogens is 3. The molecule has 0 spiro atoms. The second-order valence-corrected chi connectivity index (χ2v) is 12.4. The van der Waals surface area contributed by atoms with E-state index in [0.29, 0.717) is 45.9 Å². The molecule has 2 atom stereocenters. The van der Waals surface area contributed by atoms with E-state index in [0.717, 1.165) is 69.1 Å². The number of rotatable bonds is 8. The van der Waals surface area contributed by atoms with Gasteiger partial charge in [0.05, 0.1) is 18.1 Å². The number of pyridine rings is 1. The predicted octanol–water partition coefficient (Wildman–Crippen LogP) is 6.31. The van der Waals surface area contributed by atoms with Crippen LogP contribution in [0.2, 0.25) is 10.0 Å². The van der Waals surface area contributed by atoms with Gasteiger partial charge < -0.3 is 19.6 Å². The molecule has 1 aromatic carbocycles. The Hall–Kier alpha value is -2.40. The van der Waals surface area contributed by atoms with Crippen LogP contribution in [0.25, 0.3) is 11.3 Å². The van der Waals surface area contributed by atoms with Gasteiger partial charge in [0.1, 0.15) is 0 Å². The minimum Gasteiger partial charge on any atom is -0.481 e. The number of benzene rings is 1. The Kier molecular flexibility index (Phi) is 11.4. The third-order valence-electron chi connectivity index (χ3n) is 8.50. The Morgan fingerprint density at radius 3 is 2.30 bits per heavy atom. The van der Waals surface area contributed by atoms with E-state index in [2.05, 4.69) is 31.7 Å². The Balaban J connectivity index is 0.00000212. The first-order valence-corrected chi connectivity index (χ1v) is 14.9. The second kappa shape index (κ2) is 14.6. The van der Waals surface area contributed by atoms with Crippen molar-refractivity contribution in [2.24, 2.45) is 11.8 Å². The van der Waals surface area contributed by atoms with Crippen LogP contribution in [0.1, 0.15) is 31.2 Å². The standard InChI is InChI=1S/C30H34Cl2N6O3.2ClH/c1-36-17-22-18-38(7-4-27(22)36)30-33-14-25(15-34-30)41-28-9-20(16-37-5-2-19(3-6-37)10-29(39)40)8-26(35-28)21-11-23(31)13-24(32)12-21;;/h8-9,11-15,19,22,27H,2-7,10,16-18H2,1H3,(H,39,40);2*1H. The van der Waals surface area contributed by atoms with Crippen LogP contribution in [0.15, 0.2) is 42.7 Å². The molecule has 3 aliphatic rings. The number of anilines is 1. The Morgan fingerprint density at radius 2 is 1.67 bits per heavy atom. The molecule has 1 N–H and O–H groups in total. The van der Waals surface area contributed by atoms with Gasteiger partial charge in [-0.05, 0) is 75.1 Å². The zero-order chi connectivity index (χ0) is 28.5. The van der Waals surface area contributed by atoms with Gasteiger partial charge in [0.15, 0.2) is 5.75 Å². The highest BCUT2D eigenvalue weighted by molar-refractivity contribution is 6.35. The fourth-order valence-corrected chi connectivity index (χ4v) is 6.91. The molecule has 3 saturated heterocycles. The van der Waals surface area contributed by atoms with Gasteiger partial charge in [-0.25, -0.2) is 15.0 Å². The number of piperidine rings is 2. The van der Waals surface area contributed by atoms with Crippen LogP contribution in [0.5, 0.6) is 11.6 Å². The normalized spacial score (nSPS) is 20.8. The van der Waals surface area contributed by atoms with E-state index in [-0.39, 0.29) is 37.2 Å². The van der Waals surface area contributed by atoms with E-state index in [1.807, 2.05) is 24.3 Å². The van der Waals surface area contributed by atoms with Crippen molar-refractivity contribution in [2.45, 2.75) is 38.3 Å². The summed E-state index contributed by atoms with van der Waals surface area (Å²) in [6.07, 6.45) is 6.52. The third kappa shape index (κ3) is 8.21. The van der Waals surface area contributed by atoms with E-state index in [9.17, 15) is 4.79 Å². The summed E-state index contributed by atoms with van der Waals surface area (Å²) in [5.74, 6) is 1.87. The number of nitrogens with zero attached hydrogens (tertiary/aromatic N) is 6. The van der Waals surface area contributed by atoms with Crippen LogP contribution >= 0.6 is 48.0 Å². The van der Waals surface area contributed by atoms with E-state index < -0.39 is 5.97 Å². The first-order chi connectivity index (χ1) is 19.8. The van der Waals surface area contributed by atoms with E-state index >= 15 is 0 Å². The summed E-state index contributed by atoms with van der Waals surface area (Å²) in [6.45, 7) is 5.45. The van der Waals surface area contributed by atoms with Gasteiger partial charge in [0.25, 0.3) is 0 Å². The molecule has 3 aliphatic heterocycles. The summed E-state index contributed by atoms with van der Waals surface area (Å²) < 4.78 is 6.19. The van der Waals surface area contributed by atoms with Crippen molar-refractivity contribution >= 4 is 59.9 Å². The SMILES string of the molecule is CN1CC2CN(c3ncc(Oc4cc(CN5CCC(CC(=O)O)CC5)cc(-c5cc(Cl)cc(Cl)c5)n4)cn3)CCC21.Cl.Cl. The monoisotopic (exact) mass is 668 g/mol. The summed E-state index contributed by atoms with van der Waals surface area (Å²) in [7, 11) is 2.19. The maximum Gasteiger partial charge on any atom is 0.303 e. The van der Waals surface area contributed by atoms with Crippen molar-refractivity contribution in [3.05, 3.63) is 58.3 Å². The number of fused-ring (bicyclic) bond motifs is 1. The van der Waals surface area contributed by atoms with Crippen molar-refractivity contribution in [1.82, 2.24) is 24.8 Å². The summed E-state index contributed by atoms with van der Waals surface area (Å²) >= 11 is 12.6. The molecule has 13 heteroatoms. The number of halogens is 4. The number of hydrogen-bond acceptors (Lipinski definition) is 8. The van der Waals surface area contributed by atoms with Crippen LogP contribution in [0, 0.1) is 11.8 Å². The minimum atomic E-state index is -0.725. The largest absolute Gasteiger partial charge is 0.481 e. The molecule has 43 heavy (non-hydrogen) atoms. The van der Waals surface area contributed by atoms with E-state index in [1.165, 1.54) is 0 Å². The summed E-state index contributed by atoms with van der Waals surface area (Å²) in [5, 5.41) is 10.2. The lowest BCUT2D eigenvalue weighted by Crippen LogP contribution is -2.62. The van der Waals surface area contributed by atoms with Crippen molar-refractivity contribution in [2.75, 3.05) is 44.7 Å². The van der Waals surface area contributed by atoms with Gasteiger partial charge in [-0.3, -0.25) is 9.69 Å². The maximum absolute atomic E-state index is 11.1. The zero-order valence-corrected chi connectivity index (χ0v) is 27.0. The van der Waals surface area contributed by atoms with Crippen molar-refractivity contribution in [1.29, 1.82) is 0 Å². The Morgan fingerprint density at radius 1 is 0.977 bits per heavy atom. The van der Waals surface area contributed by atoms with Crippen molar-refractivity contribution in [3.63, 3.8) is 0 Å². The molecule has 2 unspecified atom stereocenters. The molecule has 0 saturated carbocycles. The minimum absolute atomic E-state index is 0. The highest BCUT2D eigenvalue weighted by Crippen LogP contribution is 2.33. The Bertz CT molecular complexity index is 1390. The highest BCUT2D eigenvalue weighted by Gasteiger charge is 2.40. The van der Waals surface area contributed by atoms with Crippen LogP contribution in [0.3, 0.4) is 0 Å². The first-order valence-electron chi connectivity index (χ1n) is 14.2. The van der Waals surface area contributed by atoms with Gasteiger partial charge in [-0.2, -0.15) is 0 Å². The topological polar surface area (TPSA) is 94.9 Å². The molecule has 9 nitrogen and oxygen atoms in total. The number of likely N-dealkylation sites (tertiary alicyclic amines) is 2. The van der Waals surface area contributed by atoms with Crippen molar-refractivity contribution in [3.8, 4) is 22.9 Å². The van der Waals surface area contributed by atoms with Crippen LogP contribution in [-0.4, -0.2) is 81.6 Å². The molecular formula is C30H36Cl4N6O3. The average molecular weight is 670 g/mol. The van der Waals surface area contributed by atoms with Gasteiger partial charge in [0.2, 0.25) is 11.8 Å². The number of carboxylic acids is 1. The molecular weight excluding hydrogens is 634 g/mol. The van der Waals surface area contributed by atoms with Crippen LogP contribution < -0.4 is 9.64 Å². The summed E-state index contributed by atoms with van der Waals surface area (Å²) in [4.78, 5) is 32.1. The number of carboxylic acid groups (broad SMARTS) is 1. The quantitative estimate of drug-likeness (QED) is 0.296. The molecule has 3 fully saturated rings. The number of aliphatic carboxylic acids is 1. The average Bonchev–Trinajstić information content (AvgIpc) is 2.93. The number of carbonyl (C=O) groups is 1. The summed E-state index contributed by atoms with van der Waals surface area (Å²) in [5.41, 5.74) is 2.53. The zero-order valence-electron chi connectivity index (χ0n) is 23.9. The molecule has 0 bridgehead atoms. The van der Waals surface area contributed by atoms with Gasteiger partial charge in [0, 0.05) is 66.2 Å². The molecule has 6 rings (SSSR count). The smallest absolute Gasteiger partial charge is 0.303 e. The molecule has 5 heterocycles. The lowest BCUT2D eigenvalue weighted by atomic mass is 9.83. The molecule has 3 aromatic rings. The predicted molar refractivity (Wildman–Crippen MR) is 173 cm³/mol. The lowest BCUT2D eigenvalue weighted by Gasteiger charge is -2.51. The third-order valence-corrected chi connectivity index (χ3v) is 8.94. The molecule has 0 aliphatic carbocycles. The van der Waals surface area contributed by atoms with Gasteiger partial charge >= 0.3 is 5.97 Å². The van der Waals surface area contributed by atoms with Crippen LogP contribution in [-0.2, 0) is 11.3 Å². The van der Waals surface area contributed by atoms with Crippen molar-refractivity contribution < 1.29 is 14.6 Å². The second-order valence-electron chi connectivity index (χ2n) is 11.5. The first kappa shape index (κ1) is 33.5. The fourth-order valence-electron chi connectivity index (χ4n) is 6.38. The maximum atomic E-state index is 11.1. The van der Waals surface area contributed by atoms with E-state index in [4.69, 9.17) is 38.0 Å². The van der Waals surface area contributed by atoms with Gasteiger partial charge in [-0.1, -0.05) is 23.2 Å². The fraction of sp³-hybridized carbons (Fsp3) is 0.467. The van der Waals surface area contributed by atoms with Crippen LogP contribution in [0.4, 0.5) is 5.95 Å². The highest BCUT2D eigenvalue weighted by atomic mass is 35.5. The Labute approximate surface area is 274 Å². The molecule has 0 amide bonds. The summed E-state index contributed by atoms with van der Waals surface area (Å²) in [6, 6.07) is 10.0. The molecule has 2 aromatic heterocycles. The molecule has 232 valence electrons. The molecule has 0 radical (unpaired) electrons. The number of hydrogen-bond donors (Lipinski definition) is 1. The van der Waals surface area contributed by atoms with E-state index in [1.54, 1.807) is 18.5 Å².